The molecule has 0 spiro atoms. The van der Waals surface area contributed by atoms with E-state index >= 15 is 0 Å². The zero-order valence-corrected chi connectivity index (χ0v) is 18.0. The quantitative estimate of drug-likeness (QED) is 0.463. The summed E-state index contributed by atoms with van der Waals surface area (Å²) in [6.07, 6.45) is 3.22. The number of hydrogen-bond acceptors (Lipinski definition) is 7. The van der Waals surface area contributed by atoms with Gasteiger partial charge in [-0.05, 0) is 55.8 Å². The molecule has 33 heavy (non-hydrogen) atoms. The van der Waals surface area contributed by atoms with Crippen LogP contribution in [0.1, 0.15) is 18.9 Å². The van der Waals surface area contributed by atoms with Gasteiger partial charge in [0.1, 0.15) is 29.3 Å². The van der Waals surface area contributed by atoms with Crippen LogP contribution < -0.4 is 10.5 Å². The SMILES string of the molecule is Nc1ncnc2c1c(-c1ccc(Oc3ccccc3)cc1)nn2[C@H]1CCCN(CC(=O)O)C1. The lowest BCUT2D eigenvalue weighted by atomic mass is 10.1. The number of nitrogens with two attached hydrogens (primary N) is 1. The molecule has 0 radical (unpaired) electrons. The van der Waals surface area contributed by atoms with E-state index in [9.17, 15) is 9.90 Å². The first-order valence-electron chi connectivity index (χ1n) is 10.8. The number of aromatic nitrogens is 4. The topological polar surface area (TPSA) is 119 Å². The molecule has 5 rings (SSSR count). The molecule has 0 aliphatic carbocycles. The van der Waals surface area contributed by atoms with Crippen LogP contribution in [-0.4, -0.2) is 55.4 Å². The van der Waals surface area contributed by atoms with Crippen LogP contribution in [0.15, 0.2) is 60.9 Å². The van der Waals surface area contributed by atoms with E-state index in [0.717, 1.165) is 36.4 Å². The molecule has 168 valence electrons. The van der Waals surface area contributed by atoms with Gasteiger partial charge in [0.25, 0.3) is 0 Å². The second kappa shape index (κ2) is 8.87. The van der Waals surface area contributed by atoms with Crippen LogP contribution in [0.3, 0.4) is 0 Å². The standard InChI is InChI=1S/C24H24N6O3/c25-23-21-22(16-8-10-19(11-9-16)33-18-6-2-1-3-7-18)28-30(24(21)27-15-26-23)17-5-4-12-29(13-17)14-20(31)32/h1-3,6-11,15,17H,4-5,12-14H2,(H,31,32)(H2,25,26,27)/t17-/m0/s1. The van der Waals surface area contributed by atoms with Crippen molar-refractivity contribution in [2.24, 2.45) is 0 Å². The number of likely N-dealkylation sites (tertiary alicyclic amines) is 1. The molecule has 2 aromatic carbocycles. The van der Waals surface area contributed by atoms with Crippen molar-refractivity contribution in [3.8, 4) is 22.8 Å². The molecule has 3 N–H and O–H groups in total. The number of rotatable bonds is 6. The molecule has 0 bridgehead atoms. The highest BCUT2D eigenvalue weighted by molar-refractivity contribution is 5.98. The van der Waals surface area contributed by atoms with Crippen molar-refractivity contribution in [2.45, 2.75) is 18.9 Å². The second-order valence-electron chi connectivity index (χ2n) is 8.12. The Bertz CT molecular complexity index is 1270. The van der Waals surface area contributed by atoms with Crippen molar-refractivity contribution in [2.75, 3.05) is 25.4 Å². The third-order valence-electron chi connectivity index (χ3n) is 5.81. The summed E-state index contributed by atoms with van der Waals surface area (Å²) in [6.45, 7) is 1.37. The maximum atomic E-state index is 11.2. The third kappa shape index (κ3) is 4.35. The predicted octanol–water partition coefficient (Wildman–Crippen LogP) is 3.59. The number of anilines is 1. The van der Waals surface area contributed by atoms with Crippen molar-refractivity contribution in [1.82, 2.24) is 24.6 Å². The summed E-state index contributed by atoms with van der Waals surface area (Å²) in [5.74, 6) is 1.02. The number of hydrogen-bond donors (Lipinski definition) is 2. The Morgan fingerprint density at radius 3 is 2.61 bits per heavy atom. The number of nitrogens with zero attached hydrogens (tertiary/aromatic N) is 5. The number of ether oxygens (including phenoxy) is 1. The molecule has 4 aromatic rings. The van der Waals surface area contributed by atoms with E-state index < -0.39 is 5.97 Å². The van der Waals surface area contributed by atoms with Gasteiger partial charge in [-0.1, -0.05) is 18.2 Å². The fourth-order valence-corrected chi connectivity index (χ4v) is 4.32. The summed E-state index contributed by atoms with van der Waals surface area (Å²) in [6, 6.07) is 17.3. The molecule has 3 heterocycles. The molecule has 1 aliphatic heterocycles. The van der Waals surface area contributed by atoms with E-state index in [1.165, 1.54) is 6.33 Å². The van der Waals surface area contributed by atoms with Gasteiger partial charge in [-0.2, -0.15) is 5.10 Å². The van der Waals surface area contributed by atoms with Crippen LogP contribution >= 0.6 is 0 Å². The number of aliphatic carboxylic acids is 1. The number of nitrogen functional groups attached to an aromatic ring is 1. The first kappa shape index (κ1) is 20.9. The molecule has 0 unspecified atom stereocenters. The van der Waals surface area contributed by atoms with Gasteiger partial charge in [0.15, 0.2) is 5.65 Å². The van der Waals surface area contributed by atoms with Gasteiger partial charge in [-0.3, -0.25) is 9.69 Å². The molecular formula is C24H24N6O3. The van der Waals surface area contributed by atoms with E-state index in [2.05, 4.69) is 9.97 Å². The van der Waals surface area contributed by atoms with Gasteiger partial charge in [0.2, 0.25) is 0 Å². The molecule has 1 fully saturated rings. The minimum absolute atomic E-state index is 0.00402. The number of carboxylic acid groups (broad SMARTS) is 1. The molecule has 1 saturated heterocycles. The summed E-state index contributed by atoms with van der Waals surface area (Å²) in [4.78, 5) is 21.8. The number of carbonyl (C=O) groups is 1. The monoisotopic (exact) mass is 444 g/mol. The highest BCUT2D eigenvalue weighted by Crippen LogP contribution is 2.34. The number of para-hydroxylation sites is 1. The zero-order valence-electron chi connectivity index (χ0n) is 18.0. The van der Waals surface area contributed by atoms with Crippen molar-refractivity contribution in [1.29, 1.82) is 0 Å². The Kier molecular flexibility index (Phi) is 5.62. The molecule has 1 atom stereocenters. The van der Waals surface area contributed by atoms with Crippen molar-refractivity contribution < 1.29 is 14.6 Å². The molecule has 2 aromatic heterocycles. The smallest absolute Gasteiger partial charge is 0.317 e. The Balaban J connectivity index is 1.48. The van der Waals surface area contributed by atoms with Gasteiger partial charge in [-0.25, -0.2) is 14.6 Å². The van der Waals surface area contributed by atoms with Gasteiger partial charge < -0.3 is 15.6 Å². The number of piperidine rings is 1. The highest BCUT2D eigenvalue weighted by atomic mass is 16.5. The average Bonchev–Trinajstić information content (AvgIpc) is 3.21. The molecule has 1 aliphatic rings. The average molecular weight is 444 g/mol. The predicted molar refractivity (Wildman–Crippen MR) is 124 cm³/mol. The summed E-state index contributed by atoms with van der Waals surface area (Å²) < 4.78 is 7.78. The fraction of sp³-hybridized carbons (Fsp3) is 0.250. The number of fused-ring (bicyclic) bond motifs is 1. The summed E-state index contributed by atoms with van der Waals surface area (Å²) in [7, 11) is 0. The summed E-state index contributed by atoms with van der Waals surface area (Å²) in [5.41, 5.74) is 8.47. The maximum Gasteiger partial charge on any atom is 0.317 e. The van der Waals surface area contributed by atoms with Crippen LogP contribution in [0.4, 0.5) is 5.82 Å². The summed E-state index contributed by atoms with van der Waals surface area (Å²) >= 11 is 0. The van der Waals surface area contributed by atoms with Gasteiger partial charge in [0, 0.05) is 12.1 Å². The molecule has 0 saturated carbocycles. The lowest BCUT2D eigenvalue weighted by molar-refractivity contribution is -0.138. The Hall–Kier alpha value is -3.98. The maximum absolute atomic E-state index is 11.2. The Morgan fingerprint density at radius 1 is 1.09 bits per heavy atom. The lowest BCUT2D eigenvalue weighted by Crippen LogP contribution is -2.39. The van der Waals surface area contributed by atoms with Crippen molar-refractivity contribution in [3.05, 3.63) is 60.9 Å². The summed E-state index contributed by atoms with van der Waals surface area (Å²) in [5, 5.41) is 14.8. The Labute approximate surface area is 190 Å². The first-order valence-corrected chi connectivity index (χ1v) is 10.8. The van der Waals surface area contributed by atoms with E-state index in [4.69, 9.17) is 15.6 Å². The van der Waals surface area contributed by atoms with Crippen LogP contribution in [-0.2, 0) is 4.79 Å². The molecule has 9 nitrogen and oxygen atoms in total. The van der Waals surface area contributed by atoms with E-state index in [0.29, 0.717) is 29.1 Å². The minimum atomic E-state index is -0.828. The van der Waals surface area contributed by atoms with Crippen molar-refractivity contribution in [3.63, 3.8) is 0 Å². The van der Waals surface area contributed by atoms with E-state index in [1.54, 1.807) is 0 Å². The first-order chi connectivity index (χ1) is 16.1. The van der Waals surface area contributed by atoms with Gasteiger partial charge in [-0.15, -0.1) is 0 Å². The van der Waals surface area contributed by atoms with Crippen LogP contribution in [0.2, 0.25) is 0 Å². The van der Waals surface area contributed by atoms with E-state index in [-0.39, 0.29) is 12.6 Å². The fourth-order valence-electron chi connectivity index (χ4n) is 4.32. The third-order valence-corrected chi connectivity index (χ3v) is 5.81. The van der Waals surface area contributed by atoms with Crippen LogP contribution in [0, 0.1) is 0 Å². The number of carboxylic acids is 1. The lowest BCUT2D eigenvalue weighted by Gasteiger charge is -2.31. The van der Waals surface area contributed by atoms with E-state index in [1.807, 2.05) is 64.2 Å². The Morgan fingerprint density at radius 2 is 1.85 bits per heavy atom. The molecule has 0 amide bonds. The largest absolute Gasteiger partial charge is 0.480 e. The van der Waals surface area contributed by atoms with Crippen molar-refractivity contribution >= 4 is 22.8 Å². The van der Waals surface area contributed by atoms with Gasteiger partial charge in [0.05, 0.1) is 18.0 Å². The van der Waals surface area contributed by atoms with Gasteiger partial charge >= 0.3 is 5.97 Å². The minimum Gasteiger partial charge on any atom is -0.480 e. The molecular weight excluding hydrogens is 420 g/mol. The van der Waals surface area contributed by atoms with Crippen LogP contribution in [0.5, 0.6) is 11.5 Å². The second-order valence-corrected chi connectivity index (χ2v) is 8.12. The molecule has 9 heteroatoms. The zero-order chi connectivity index (χ0) is 22.8. The normalized spacial score (nSPS) is 16.7. The van der Waals surface area contributed by atoms with Crippen LogP contribution in [0.25, 0.3) is 22.3 Å². The highest BCUT2D eigenvalue weighted by Gasteiger charge is 2.27. The number of benzene rings is 2.